The van der Waals surface area contributed by atoms with Gasteiger partial charge in [-0.25, -0.2) is 24.9 Å². The minimum atomic E-state index is -0.711. The van der Waals surface area contributed by atoms with Gasteiger partial charge in [-0.1, -0.05) is 37.0 Å². The molecule has 6 aromatic heterocycles. The summed E-state index contributed by atoms with van der Waals surface area (Å²) < 4.78 is 0. The number of anilines is 1. The van der Waals surface area contributed by atoms with Crippen molar-refractivity contribution in [1.29, 1.82) is 0 Å². The molecule has 0 bridgehead atoms. The molecule has 6 N–H and O–H groups in total. The number of carboxylic acid groups (broad SMARTS) is 1. The number of benzene rings is 1. The summed E-state index contributed by atoms with van der Waals surface area (Å²) in [4.78, 5) is 66.9. The Balaban J connectivity index is 0.000000184. The van der Waals surface area contributed by atoms with Gasteiger partial charge in [-0.3, -0.25) is 14.4 Å². The molecule has 7 aromatic rings. The average molecular weight is 788 g/mol. The minimum Gasteiger partial charge on any atom is -0.481 e. The van der Waals surface area contributed by atoms with Crippen molar-refractivity contribution in [2.75, 3.05) is 5.73 Å². The number of Topliss-reactive ketones (excluding diaryl/α,β-unsaturated/α-hetero) is 2. The van der Waals surface area contributed by atoms with Crippen LogP contribution in [0.25, 0.3) is 33.5 Å². The number of hydrogen-bond donors (Lipinski definition) is 5. The lowest BCUT2D eigenvalue weighted by molar-refractivity contribution is -0.137. The van der Waals surface area contributed by atoms with Gasteiger partial charge in [-0.2, -0.15) is 4.98 Å². The van der Waals surface area contributed by atoms with E-state index in [4.69, 9.17) is 34.0 Å². The molecular formula is C39H44Cl2N10O4. The summed E-state index contributed by atoms with van der Waals surface area (Å²) in [5.74, 6) is 1.48. The summed E-state index contributed by atoms with van der Waals surface area (Å²) in [6, 6.07) is 16.8. The summed E-state index contributed by atoms with van der Waals surface area (Å²) >= 11 is 12.0. The van der Waals surface area contributed by atoms with Crippen molar-refractivity contribution in [2.24, 2.45) is 0 Å². The summed E-state index contributed by atoms with van der Waals surface area (Å²) in [6.45, 7) is 3.84. The molecule has 14 nitrogen and oxygen atoms in total. The van der Waals surface area contributed by atoms with Crippen LogP contribution in [-0.4, -0.2) is 67.5 Å². The summed E-state index contributed by atoms with van der Waals surface area (Å²) in [7, 11) is 0. The second-order valence-electron chi connectivity index (χ2n) is 12.4. The molecule has 0 saturated heterocycles. The molecule has 0 amide bonds. The molecule has 0 atom stereocenters. The Labute approximate surface area is 327 Å². The number of aliphatic carboxylic acids is 1. The number of halogens is 2. The Kier molecular flexibility index (Phi) is 16.7. The van der Waals surface area contributed by atoms with Gasteiger partial charge in [0.1, 0.15) is 23.2 Å². The second-order valence-corrected chi connectivity index (χ2v) is 13.3. The number of fused-ring (bicyclic) bond motifs is 3. The zero-order valence-electron chi connectivity index (χ0n) is 30.7. The molecule has 0 aliphatic rings. The quantitative estimate of drug-likeness (QED) is 0.0703. The lowest BCUT2D eigenvalue weighted by Crippen LogP contribution is -2.04. The predicted molar refractivity (Wildman–Crippen MR) is 215 cm³/mol. The second kappa shape index (κ2) is 21.8. The first-order valence-corrected chi connectivity index (χ1v) is 18.6. The van der Waals surface area contributed by atoms with E-state index in [1.807, 2.05) is 62.4 Å². The largest absolute Gasteiger partial charge is 0.481 e. The molecule has 0 aliphatic heterocycles. The van der Waals surface area contributed by atoms with Gasteiger partial charge in [0, 0.05) is 47.9 Å². The fourth-order valence-corrected chi connectivity index (χ4v) is 5.84. The van der Waals surface area contributed by atoms with Gasteiger partial charge in [0.05, 0.1) is 29.4 Å². The van der Waals surface area contributed by atoms with E-state index in [-0.39, 0.29) is 11.6 Å². The topological polar surface area (TPSA) is 222 Å². The highest BCUT2D eigenvalue weighted by Crippen LogP contribution is 2.21. The smallest absolute Gasteiger partial charge is 0.303 e. The van der Waals surface area contributed by atoms with Crippen LogP contribution in [0.4, 0.5) is 5.95 Å². The van der Waals surface area contributed by atoms with Crippen LogP contribution < -0.4 is 5.73 Å². The Bertz CT molecular complexity index is 2180. The van der Waals surface area contributed by atoms with E-state index in [2.05, 4.69) is 44.9 Å². The van der Waals surface area contributed by atoms with Crippen molar-refractivity contribution in [1.82, 2.24) is 44.9 Å². The maximum atomic E-state index is 12.1. The number of H-pyrrole nitrogens is 3. The van der Waals surface area contributed by atoms with Crippen molar-refractivity contribution in [3.05, 3.63) is 100 Å². The number of ketones is 2. The first kappa shape index (κ1) is 42.0. The highest BCUT2D eigenvalue weighted by atomic mass is 35.5. The van der Waals surface area contributed by atoms with E-state index in [1.54, 1.807) is 24.7 Å². The van der Waals surface area contributed by atoms with Gasteiger partial charge < -0.3 is 25.8 Å². The molecule has 0 radical (unpaired) electrons. The number of hydrogen-bond acceptors (Lipinski definition) is 10. The van der Waals surface area contributed by atoms with Crippen LogP contribution >= 0.6 is 23.2 Å². The van der Waals surface area contributed by atoms with Gasteiger partial charge >= 0.3 is 5.97 Å². The lowest BCUT2D eigenvalue weighted by Gasteiger charge is -2.03. The fraction of sp³-hybridized carbons (Fsp3) is 0.308. The molecule has 0 aliphatic carbocycles. The summed E-state index contributed by atoms with van der Waals surface area (Å²) in [5.41, 5.74) is 11.1. The highest BCUT2D eigenvalue weighted by molar-refractivity contribution is 6.34. The predicted octanol–water partition coefficient (Wildman–Crippen LogP) is 8.07. The standard InChI is InChI=1S/C18H17Cl2N3O.C11H13N3O.C6H6N4.C4H8O2/c19-13-8-12(9-14(20)10-13)4-1-2-5-15(24)11-17-22-16-6-3-7-21-18(16)23-17;1-2-4-8(15)7-10-13-9-5-3-6-12-11(9)14-10;7-6-9-4-2-1-3-8-5(4)10-6;1-2-3-4(5)6/h3,6-10H,1-2,4-5,11H2,(H,21,22,23);3,5-6H,2,4,7H2,1H3,(H,12,13,14);1-3H,(H3,7,8,9,10);2-3H2,1H3,(H,5,6). The zero-order chi connectivity index (χ0) is 39.6. The van der Waals surface area contributed by atoms with Crippen LogP contribution in [0, 0.1) is 0 Å². The Morgan fingerprint density at radius 1 is 0.655 bits per heavy atom. The van der Waals surface area contributed by atoms with Crippen LogP contribution in [0.3, 0.4) is 0 Å². The molecule has 288 valence electrons. The first-order chi connectivity index (χ1) is 26.5. The van der Waals surface area contributed by atoms with Gasteiger partial charge in [0.15, 0.2) is 22.9 Å². The monoisotopic (exact) mass is 786 g/mol. The number of rotatable bonds is 13. The van der Waals surface area contributed by atoms with E-state index in [9.17, 15) is 14.4 Å². The number of carbonyl (C=O) groups excluding carboxylic acids is 2. The number of aromatic amines is 3. The minimum absolute atomic E-state index is 0.179. The molecule has 16 heteroatoms. The number of unbranched alkanes of at least 4 members (excludes halogenated alkanes) is 1. The number of nitrogens with zero attached hydrogens (tertiary/aromatic N) is 6. The van der Waals surface area contributed by atoms with E-state index < -0.39 is 5.97 Å². The van der Waals surface area contributed by atoms with Gasteiger partial charge in [-0.15, -0.1) is 0 Å². The third kappa shape index (κ3) is 14.6. The number of nitrogens with one attached hydrogen (secondary N) is 3. The maximum absolute atomic E-state index is 12.1. The number of nitrogen functional groups attached to an aromatic ring is 1. The summed E-state index contributed by atoms with van der Waals surface area (Å²) in [5, 5.41) is 9.20. The first-order valence-electron chi connectivity index (χ1n) is 17.9. The van der Waals surface area contributed by atoms with Crippen LogP contribution in [0.5, 0.6) is 0 Å². The molecule has 0 saturated carbocycles. The number of aromatic nitrogens is 9. The normalized spacial score (nSPS) is 10.5. The van der Waals surface area contributed by atoms with Crippen LogP contribution in [-0.2, 0) is 33.6 Å². The number of carbonyl (C=O) groups is 3. The number of imidazole rings is 3. The molecular weight excluding hydrogens is 743 g/mol. The van der Waals surface area contributed by atoms with E-state index in [1.165, 1.54) is 0 Å². The van der Waals surface area contributed by atoms with Crippen LogP contribution in [0.2, 0.25) is 10.0 Å². The highest BCUT2D eigenvalue weighted by Gasteiger charge is 2.10. The SMILES string of the molecule is CCCC(=O)Cc1nc2ncccc2[nH]1.CCCC(=O)O.Nc1nc2ncccc2[nH]1.O=C(CCCCc1cc(Cl)cc(Cl)c1)Cc1nc2ncccc2[nH]1. The lowest BCUT2D eigenvalue weighted by atomic mass is 10.0. The zero-order valence-corrected chi connectivity index (χ0v) is 32.2. The Hall–Kier alpha value is -5.73. The number of pyridine rings is 3. The van der Waals surface area contributed by atoms with Crippen molar-refractivity contribution in [3.8, 4) is 0 Å². The molecule has 6 heterocycles. The van der Waals surface area contributed by atoms with Gasteiger partial charge in [-0.05, 0) is 92.3 Å². The van der Waals surface area contributed by atoms with Crippen LogP contribution in [0.1, 0.15) is 76.0 Å². The summed E-state index contributed by atoms with van der Waals surface area (Å²) in [6.07, 6.45) is 11.5. The van der Waals surface area contributed by atoms with Crippen molar-refractivity contribution < 1.29 is 19.5 Å². The molecule has 7 rings (SSSR count). The Morgan fingerprint density at radius 2 is 1.13 bits per heavy atom. The molecule has 1 aromatic carbocycles. The van der Waals surface area contributed by atoms with E-state index >= 15 is 0 Å². The van der Waals surface area contributed by atoms with Crippen molar-refractivity contribution in [3.63, 3.8) is 0 Å². The molecule has 0 spiro atoms. The van der Waals surface area contributed by atoms with Crippen molar-refractivity contribution in [2.45, 2.75) is 78.1 Å². The number of carboxylic acids is 1. The Morgan fingerprint density at radius 3 is 1.56 bits per heavy atom. The van der Waals surface area contributed by atoms with E-state index in [0.29, 0.717) is 76.7 Å². The number of aryl methyl sites for hydroxylation is 1. The van der Waals surface area contributed by atoms with Crippen LogP contribution in [0.15, 0.2) is 73.2 Å². The third-order valence-electron chi connectivity index (χ3n) is 7.70. The average Bonchev–Trinajstić information content (AvgIpc) is 3.85. The molecule has 0 unspecified atom stereocenters. The van der Waals surface area contributed by atoms with Crippen molar-refractivity contribution >= 4 is 80.2 Å². The molecule has 0 fully saturated rings. The van der Waals surface area contributed by atoms with Gasteiger partial charge in [0.25, 0.3) is 0 Å². The van der Waals surface area contributed by atoms with E-state index in [0.717, 1.165) is 54.2 Å². The molecule has 55 heavy (non-hydrogen) atoms. The number of nitrogens with two attached hydrogens (primary N) is 1. The van der Waals surface area contributed by atoms with Gasteiger partial charge in [0.2, 0.25) is 0 Å². The third-order valence-corrected chi connectivity index (χ3v) is 8.14. The maximum Gasteiger partial charge on any atom is 0.303 e. The fourth-order valence-electron chi connectivity index (χ4n) is 5.27.